The molecule has 0 bridgehead atoms. The number of fused-ring (bicyclic) bond motifs is 1. The molecule has 7 nitrogen and oxygen atoms in total. The van der Waals surface area contributed by atoms with E-state index in [1.165, 1.54) is 12.8 Å². The second-order valence-electron chi connectivity index (χ2n) is 6.98. The van der Waals surface area contributed by atoms with Crippen LogP contribution in [0.15, 0.2) is 18.2 Å². The summed E-state index contributed by atoms with van der Waals surface area (Å²) in [5.41, 5.74) is 0. The molecule has 0 spiro atoms. The Morgan fingerprint density at radius 2 is 2.04 bits per heavy atom. The van der Waals surface area contributed by atoms with Crippen molar-refractivity contribution >= 4 is 28.0 Å². The van der Waals surface area contributed by atoms with Crippen molar-refractivity contribution in [3.8, 4) is 5.75 Å². The summed E-state index contributed by atoms with van der Waals surface area (Å²) >= 11 is 5.58. The van der Waals surface area contributed by atoms with Crippen molar-refractivity contribution in [2.24, 2.45) is 5.92 Å². The van der Waals surface area contributed by atoms with E-state index in [1.807, 2.05) is 0 Å². The Morgan fingerprint density at radius 1 is 1.26 bits per heavy atom. The van der Waals surface area contributed by atoms with Gasteiger partial charge in [0.05, 0.1) is 24.2 Å². The molecule has 2 aliphatic heterocycles. The molecule has 2 N–H and O–H groups in total. The number of rotatable bonds is 5. The number of hydrogen-bond donors (Lipinski definition) is 2. The number of quaternary nitrogens is 1. The summed E-state index contributed by atoms with van der Waals surface area (Å²) in [6, 6.07) is 3.53. The van der Waals surface area contributed by atoms with E-state index in [0.29, 0.717) is 6.04 Å². The van der Waals surface area contributed by atoms with E-state index in [2.05, 4.69) is 0 Å². The van der Waals surface area contributed by atoms with E-state index < -0.39 is 22.2 Å². The van der Waals surface area contributed by atoms with E-state index in [1.54, 1.807) is 9.62 Å². The Labute approximate surface area is 163 Å². The molecule has 1 aromatic carbocycles. The fourth-order valence-corrected chi connectivity index (χ4v) is 4.80. The number of halogens is 2. The van der Waals surface area contributed by atoms with E-state index >= 15 is 0 Å². The summed E-state index contributed by atoms with van der Waals surface area (Å²) in [6.45, 7) is 2.48. The third-order valence-corrected chi connectivity index (χ3v) is 6.28. The van der Waals surface area contributed by atoms with Crippen LogP contribution < -0.4 is 13.8 Å². The Balaban J connectivity index is 1.51. The van der Waals surface area contributed by atoms with Gasteiger partial charge in [0, 0.05) is 12.0 Å². The predicted octanol–water partition coefficient (Wildman–Crippen LogP) is 1.68. The highest BCUT2D eigenvalue weighted by Crippen LogP contribution is 2.22. The van der Waals surface area contributed by atoms with Crippen molar-refractivity contribution in [1.82, 2.24) is 4.72 Å². The highest BCUT2D eigenvalue weighted by Gasteiger charge is 2.37. The lowest BCUT2D eigenvalue weighted by Gasteiger charge is -2.40. The number of ether oxygens (including phenoxy) is 1. The van der Waals surface area contributed by atoms with Crippen LogP contribution in [0.2, 0.25) is 5.02 Å². The number of carbonyl (C=O) groups excluding carboxylic acids is 1. The topological polar surface area (TPSA) is 86.1 Å². The smallest absolute Gasteiger partial charge is 0.423 e. The third kappa shape index (κ3) is 5.46. The molecule has 2 fully saturated rings. The Kier molecular flexibility index (Phi) is 6.44. The normalized spacial score (nSPS) is 25.3. The molecule has 3 atom stereocenters. The van der Waals surface area contributed by atoms with Gasteiger partial charge in [-0.15, -0.1) is 0 Å². The van der Waals surface area contributed by atoms with Crippen molar-refractivity contribution in [2.45, 2.75) is 38.1 Å². The predicted molar refractivity (Wildman–Crippen MR) is 96.5 cm³/mol. The maximum absolute atomic E-state index is 13.1. The van der Waals surface area contributed by atoms with Crippen LogP contribution >= 0.6 is 11.6 Å². The molecule has 1 unspecified atom stereocenters. The molecule has 10 heteroatoms. The zero-order chi connectivity index (χ0) is 19.4. The van der Waals surface area contributed by atoms with Gasteiger partial charge >= 0.3 is 16.4 Å². The zero-order valence-electron chi connectivity index (χ0n) is 14.7. The third-order valence-electron chi connectivity index (χ3n) is 5.16. The first kappa shape index (κ1) is 20.2. The highest BCUT2D eigenvalue weighted by molar-refractivity contribution is 7.85. The van der Waals surface area contributed by atoms with Crippen molar-refractivity contribution in [2.75, 3.05) is 19.7 Å². The molecule has 1 amide bonds. The first-order chi connectivity index (χ1) is 12.8. The minimum Gasteiger partial charge on any atom is -0.448 e. The molecular weight excluding hydrogens is 399 g/mol. The van der Waals surface area contributed by atoms with Crippen LogP contribution in [0, 0.1) is 11.7 Å². The van der Waals surface area contributed by atoms with Crippen LogP contribution in [0.3, 0.4) is 0 Å². The summed E-state index contributed by atoms with van der Waals surface area (Å²) in [5.74, 6) is -0.685. The van der Waals surface area contributed by atoms with Gasteiger partial charge in [-0.2, -0.15) is 13.1 Å². The molecule has 27 heavy (non-hydrogen) atoms. The Bertz CT molecular complexity index is 790. The van der Waals surface area contributed by atoms with Gasteiger partial charge < -0.3 is 13.8 Å². The molecule has 0 radical (unpaired) electrons. The zero-order valence-corrected chi connectivity index (χ0v) is 16.3. The molecule has 0 saturated carbocycles. The number of piperidine rings is 2. The first-order valence-corrected chi connectivity index (χ1v) is 10.8. The first-order valence-electron chi connectivity index (χ1n) is 9.03. The average molecular weight is 422 g/mol. The second-order valence-corrected chi connectivity index (χ2v) is 8.66. The van der Waals surface area contributed by atoms with Crippen molar-refractivity contribution in [3.05, 3.63) is 29.0 Å². The summed E-state index contributed by atoms with van der Waals surface area (Å²) in [4.78, 5) is 13.4. The number of benzene rings is 1. The average Bonchev–Trinajstić information content (AvgIpc) is 2.62. The summed E-state index contributed by atoms with van der Waals surface area (Å²) < 4.78 is 48.5. The van der Waals surface area contributed by atoms with Gasteiger partial charge in [-0.05, 0) is 44.2 Å². The molecule has 2 aliphatic rings. The monoisotopic (exact) mass is 421 g/mol. The highest BCUT2D eigenvalue weighted by atomic mass is 35.5. The molecule has 0 aromatic heterocycles. The molecular formula is C17H23ClFN2O5S+. The SMILES string of the molecule is O=C(NS(=O)(=O)Oc1ccc(F)c(Cl)c1)OC[C@@H]1CCC[NH+]2CCCC[C@H]12. The maximum atomic E-state index is 13.1. The standard InChI is InChI=1S/C17H22ClFN2O5S/c18-14-10-13(6-7-15(14)19)26-27(23,24)20-17(22)25-11-12-4-3-9-21-8-2-1-5-16(12)21/h6-7,10,12,16H,1-5,8-9,11H2,(H,20,22)/p+1/t12-,16+/m0/s1. The summed E-state index contributed by atoms with van der Waals surface area (Å²) in [6.07, 6.45) is 4.47. The lowest BCUT2D eigenvalue weighted by atomic mass is 9.84. The van der Waals surface area contributed by atoms with Gasteiger partial charge in [-0.1, -0.05) is 11.6 Å². The fourth-order valence-electron chi connectivity index (χ4n) is 3.97. The van der Waals surface area contributed by atoms with Crippen LogP contribution in [0.1, 0.15) is 32.1 Å². The minimum atomic E-state index is -4.45. The minimum absolute atomic E-state index is 0.178. The van der Waals surface area contributed by atoms with Gasteiger partial charge in [-0.25, -0.2) is 9.18 Å². The Hall–Kier alpha value is -1.58. The number of carbonyl (C=O) groups is 1. The Morgan fingerprint density at radius 3 is 2.81 bits per heavy atom. The summed E-state index contributed by atoms with van der Waals surface area (Å²) in [5, 5.41) is -0.290. The van der Waals surface area contributed by atoms with Crippen LogP contribution in [-0.4, -0.2) is 40.2 Å². The molecule has 2 saturated heterocycles. The molecule has 1 aromatic rings. The van der Waals surface area contributed by atoms with E-state index in [-0.39, 0.29) is 23.3 Å². The van der Waals surface area contributed by atoms with Gasteiger partial charge in [0.1, 0.15) is 18.2 Å². The maximum Gasteiger partial charge on any atom is 0.423 e. The van der Waals surface area contributed by atoms with Gasteiger partial charge in [-0.3, -0.25) is 0 Å². The molecule has 3 rings (SSSR count). The van der Waals surface area contributed by atoms with Crippen molar-refractivity contribution in [3.63, 3.8) is 0 Å². The second kappa shape index (κ2) is 8.62. The van der Waals surface area contributed by atoms with E-state index in [4.69, 9.17) is 20.5 Å². The van der Waals surface area contributed by atoms with Crippen LogP contribution in [-0.2, 0) is 15.0 Å². The van der Waals surface area contributed by atoms with Gasteiger partial charge in [0.2, 0.25) is 0 Å². The van der Waals surface area contributed by atoms with E-state index in [9.17, 15) is 17.6 Å². The largest absolute Gasteiger partial charge is 0.448 e. The van der Waals surface area contributed by atoms with Crippen LogP contribution in [0.5, 0.6) is 5.75 Å². The lowest BCUT2D eigenvalue weighted by Crippen LogP contribution is -3.18. The van der Waals surface area contributed by atoms with Crippen molar-refractivity contribution in [1.29, 1.82) is 0 Å². The quantitative estimate of drug-likeness (QED) is 0.755. The van der Waals surface area contributed by atoms with Crippen molar-refractivity contribution < 1.29 is 31.4 Å². The number of hydrogen-bond acceptors (Lipinski definition) is 5. The number of nitrogens with one attached hydrogen (secondary N) is 2. The van der Waals surface area contributed by atoms with Crippen LogP contribution in [0.4, 0.5) is 9.18 Å². The molecule has 150 valence electrons. The van der Waals surface area contributed by atoms with Gasteiger partial charge in [0.15, 0.2) is 0 Å². The fraction of sp³-hybridized carbons (Fsp3) is 0.588. The van der Waals surface area contributed by atoms with E-state index in [0.717, 1.165) is 50.6 Å². The number of amides is 1. The molecule has 2 heterocycles. The van der Waals surface area contributed by atoms with Gasteiger partial charge in [0.25, 0.3) is 0 Å². The molecule has 0 aliphatic carbocycles. The lowest BCUT2D eigenvalue weighted by molar-refractivity contribution is -0.940. The van der Waals surface area contributed by atoms with Crippen LogP contribution in [0.25, 0.3) is 0 Å². The summed E-state index contributed by atoms with van der Waals surface area (Å²) in [7, 11) is -4.45.